The maximum atomic E-state index is 5.97. The summed E-state index contributed by atoms with van der Waals surface area (Å²) >= 11 is 19.2. The van der Waals surface area contributed by atoms with E-state index in [1.807, 2.05) is 0 Å². The van der Waals surface area contributed by atoms with Crippen LogP contribution < -0.4 is 4.74 Å². The predicted octanol–water partition coefficient (Wildman–Crippen LogP) is 5.50. The van der Waals surface area contributed by atoms with Crippen molar-refractivity contribution in [2.75, 3.05) is 0 Å². The van der Waals surface area contributed by atoms with E-state index in [1.165, 1.54) is 11.3 Å². The third-order valence-electron chi connectivity index (χ3n) is 1.72. The zero-order valence-electron chi connectivity index (χ0n) is 7.34. The fourth-order valence-electron chi connectivity index (χ4n) is 1.02. The largest absolute Gasteiger partial charge is 0.453 e. The molecule has 0 bridgehead atoms. The molecule has 0 atom stereocenters. The highest BCUT2D eigenvalue weighted by atomic mass is 35.5. The molecule has 0 amide bonds. The summed E-state index contributed by atoms with van der Waals surface area (Å²) in [7, 11) is 0. The first-order chi connectivity index (χ1) is 7.18. The predicted molar refractivity (Wildman–Crippen MR) is 65.9 cm³/mol. The Balaban J connectivity index is 2.33. The number of rotatable bonds is 2. The van der Waals surface area contributed by atoms with Gasteiger partial charge in [0, 0.05) is 10.8 Å². The van der Waals surface area contributed by atoms with Crippen LogP contribution in [0.4, 0.5) is 0 Å². The van der Waals surface area contributed by atoms with Crippen LogP contribution in [-0.4, -0.2) is 0 Å². The molecule has 0 saturated heterocycles. The molecule has 1 aromatic heterocycles. The van der Waals surface area contributed by atoms with Crippen LogP contribution in [0.5, 0.6) is 11.5 Å². The Morgan fingerprint density at radius 1 is 0.933 bits per heavy atom. The van der Waals surface area contributed by atoms with Crippen molar-refractivity contribution in [3.63, 3.8) is 0 Å². The second-order valence-electron chi connectivity index (χ2n) is 2.74. The molecule has 2 rings (SSSR count). The van der Waals surface area contributed by atoms with E-state index in [-0.39, 0.29) is 0 Å². The van der Waals surface area contributed by atoms with Gasteiger partial charge in [-0.15, -0.1) is 11.3 Å². The highest BCUT2D eigenvalue weighted by Gasteiger charge is 2.09. The lowest BCUT2D eigenvalue weighted by atomic mass is 10.3. The molecule has 1 heterocycles. The molecule has 0 fully saturated rings. The smallest absolute Gasteiger partial charge is 0.156 e. The topological polar surface area (TPSA) is 9.23 Å². The first kappa shape index (κ1) is 11.1. The maximum Gasteiger partial charge on any atom is 0.156 e. The van der Waals surface area contributed by atoms with E-state index >= 15 is 0 Å². The van der Waals surface area contributed by atoms with Crippen molar-refractivity contribution in [3.8, 4) is 11.5 Å². The summed E-state index contributed by atoms with van der Waals surface area (Å²) in [6, 6.07) is 5.21. The van der Waals surface area contributed by atoms with Gasteiger partial charge in [-0.25, -0.2) is 0 Å². The van der Waals surface area contributed by atoms with E-state index in [9.17, 15) is 0 Å². The molecule has 0 aliphatic rings. The van der Waals surface area contributed by atoms with E-state index < -0.39 is 0 Å². The highest BCUT2D eigenvalue weighted by Crippen LogP contribution is 2.38. The minimum atomic E-state index is 0.390. The third-order valence-corrected chi connectivity index (χ3v) is 3.67. The molecule has 1 aromatic carbocycles. The number of thiophene rings is 1. The number of ether oxygens (including phenoxy) is 1. The van der Waals surface area contributed by atoms with Crippen LogP contribution in [0.15, 0.2) is 29.0 Å². The third kappa shape index (κ3) is 2.40. The summed E-state index contributed by atoms with van der Waals surface area (Å²) in [5.41, 5.74) is 0. The molecular formula is C10H5Cl3OS. The van der Waals surface area contributed by atoms with Gasteiger partial charge in [-0.3, -0.25) is 0 Å². The zero-order chi connectivity index (χ0) is 10.8. The first-order valence-corrected chi connectivity index (χ1v) is 6.09. The van der Waals surface area contributed by atoms with Crippen molar-refractivity contribution in [3.05, 3.63) is 44.0 Å². The highest BCUT2D eigenvalue weighted by molar-refractivity contribution is 7.08. The van der Waals surface area contributed by atoms with Gasteiger partial charge in [-0.2, -0.15) is 0 Å². The molecule has 0 radical (unpaired) electrons. The molecule has 2 aromatic rings. The fraction of sp³-hybridized carbons (Fsp3) is 0. The minimum Gasteiger partial charge on any atom is -0.453 e. The van der Waals surface area contributed by atoms with E-state index in [1.54, 1.807) is 29.0 Å². The second-order valence-corrected chi connectivity index (χ2v) is 4.67. The Kier molecular flexibility index (Phi) is 3.42. The van der Waals surface area contributed by atoms with Crippen LogP contribution in [0.2, 0.25) is 15.1 Å². The van der Waals surface area contributed by atoms with Crippen molar-refractivity contribution in [2.24, 2.45) is 0 Å². The van der Waals surface area contributed by atoms with Gasteiger partial charge in [0.25, 0.3) is 0 Å². The summed E-state index contributed by atoms with van der Waals surface area (Å²) in [4.78, 5) is 0. The lowest BCUT2D eigenvalue weighted by Gasteiger charge is -2.06. The van der Waals surface area contributed by atoms with E-state index in [0.29, 0.717) is 26.6 Å². The average Bonchev–Trinajstić information content (AvgIpc) is 2.60. The quantitative estimate of drug-likeness (QED) is 0.705. The standard InChI is InChI=1S/C10H5Cl3OS/c11-6-2-1-3-8(10(6)13)14-9-5-15-4-7(9)12/h1-5H. The lowest BCUT2D eigenvalue weighted by Crippen LogP contribution is -1.84. The van der Waals surface area contributed by atoms with Crippen molar-refractivity contribution in [1.82, 2.24) is 0 Å². The number of hydrogen-bond acceptors (Lipinski definition) is 2. The lowest BCUT2D eigenvalue weighted by molar-refractivity contribution is 0.485. The maximum absolute atomic E-state index is 5.97. The summed E-state index contributed by atoms with van der Waals surface area (Å²) in [5, 5.41) is 5.01. The van der Waals surface area contributed by atoms with Crippen LogP contribution in [-0.2, 0) is 0 Å². The van der Waals surface area contributed by atoms with Crippen molar-refractivity contribution < 1.29 is 4.74 Å². The van der Waals surface area contributed by atoms with Crippen LogP contribution in [0.25, 0.3) is 0 Å². The monoisotopic (exact) mass is 278 g/mol. The van der Waals surface area contributed by atoms with E-state index in [0.717, 1.165) is 0 Å². The summed E-state index contributed by atoms with van der Waals surface area (Å²) in [5.74, 6) is 1.09. The molecule has 0 spiro atoms. The van der Waals surface area contributed by atoms with Crippen LogP contribution in [0.3, 0.4) is 0 Å². The van der Waals surface area contributed by atoms with E-state index in [4.69, 9.17) is 39.5 Å². The number of benzene rings is 1. The Labute approximate surface area is 106 Å². The van der Waals surface area contributed by atoms with Crippen molar-refractivity contribution in [1.29, 1.82) is 0 Å². The number of halogens is 3. The molecule has 15 heavy (non-hydrogen) atoms. The molecule has 0 aliphatic heterocycles. The average molecular weight is 280 g/mol. The molecule has 5 heteroatoms. The van der Waals surface area contributed by atoms with Gasteiger partial charge in [0.2, 0.25) is 0 Å². The zero-order valence-corrected chi connectivity index (χ0v) is 10.4. The van der Waals surface area contributed by atoms with Gasteiger partial charge in [0.1, 0.15) is 10.8 Å². The Morgan fingerprint density at radius 3 is 2.40 bits per heavy atom. The van der Waals surface area contributed by atoms with Gasteiger partial charge in [0.05, 0.1) is 10.0 Å². The molecule has 0 N–H and O–H groups in total. The normalized spacial score (nSPS) is 10.3. The molecule has 0 unspecified atom stereocenters. The van der Waals surface area contributed by atoms with Gasteiger partial charge in [-0.05, 0) is 12.1 Å². The van der Waals surface area contributed by atoms with E-state index in [2.05, 4.69) is 0 Å². The Hall–Kier alpha value is -0.410. The van der Waals surface area contributed by atoms with Crippen molar-refractivity contribution in [2.45, 2.75) is 0 Å². The summed E-state index contributed by atoms with van der Waals surface area (Å²) in [6.45, 7) is 0. The van der Waals surface area contributed by atoms with Crippen LogP contribution >= 0.6 is 46.1 Å². The van der Waals surface area contributed by atoms with Gasteiger partial charge >= 0.3 is 0 Å². The summed E-state index contributed by atoms with van der Waals surface area (Å²) < 4.78 is 5.52. The van der Waals surface area contributed by atoms with Gasteiger partial charge < -0.3 is 4.74 Å². The van der Waals surface area contributed by atoms with Crippen molar-refractivity contribution >= 4 is 46.1 Å². The number of hydrogen-bond donors (Lipinski definition) is 0. The SMILES string of the molecule is Clc1cscc1Oc1cccc(Cl)c1Cl. The Bertz CT molecular complexity index is 481. The van der Waals surface area contributed by atoms with Crippen LogP contribution in [0, 0.1) is 0 Å². The van der Waals surface area contributed by atoms with Gasteiger partial charge in [-0.1, -0.05) is 40.9 Å². The molecular weight excluding hydrogens is 275 g/mol. The molecule has 0 aliphatic carbocycles. The fourth-order valence-corrected chi connectivity index (χ4v) is 2.27. The summed E-state index contributed by atoms with van der Waals surface area (Å²) in [6.07, 6.45) is 0. The minimum absolute atomic E-state index is 0.390. The molecule has 1 nitrogen and oxygen atoms in total. The Morgan fingerprint density at radius 2 is 1.73 bits per heavy atom. The first-order valence-electron chi connectivity index (χ1n) is 4.02. The molecule has 78 valence electrons. The van der Waals surface area contributed by atoms with Gasteiger partial charge in [0.15, 0.2) is 5.75 Å². The molecule has 0 saturated carbocycles. The van der Waals surface area contributed by atoms with Crippen LogP contribution in [0.1, 0.15) is 0 Å². The second kappa shape index (κ2) is 4.62.